The fraction of sp³-hybridized carbons (Fsp3) is 0.455. The van der Waals surface area contributed by atoms with E-state index in [2.05, 4.69) is 26.0 Å². The predicted octanol–water partition coefficient (Wildman–Crippen LogP) is 2.29. The summed E-state index contributed by atoms with van der Waals surface area (Å²) in [4.78, 5) is -0.0852. The minimum Gasteiger partial charge on any atom is -0.315 e. The third kappa shape index (κ3) is 6.18. The molecule has 0 atom stereocenters. The van der Waals surface area contributed by atoms with Crippen molar-refractivity contribution in [1.82, 2.24) is 10.0 Å². The first-order valence-corrected chi connectivity index (χ1v) is 7.90. The van der Waals surface area contributed by atoms with Crippen LogP contribution in [-0.4, -0.2) is 28.1 Å². The Morgan fingerprint density at radius 1 is 1.26 bits per heavy atom. The van der Waals surface area contributed by atoms with Crippen LogP contribution < -0.4 is 10.0 Å². The second-order valence-corrected chi connectivity index (χ2v) is 6.31. The van der Waals surface area contributed by atoms with Gasteiger partial charge in [0.2, 0.25) is 10.0 Å². The molecule has 0 radical (unpaired) electrons. The van der Waals surface area contributed by atoms with E-state index in [4.69, 9.17) is 0 Å². The number of rotatable bonds is 7. The van der Waals surface area contributed by atoms with Crippen LogP contribution in [0.25, 0.3) is 0 Å². The van der Waals surface area contributed by atoms with Crippen molar-refractivity contribution in [3.8, 4) is 0 Å². The van der Waals surface area contributed by atoms with E-state index in [0.717, 1.165) is 19.0 Å². The molecule has 0 bridgehead atoms. The summed E-state index contributed by atoms with van der Waals surface area (Å²) >= 11 is 3.10. The Hall–Kier alpha value is -0.210. The summed E-state index contributed by atoms with van der Waals surface area (Å²) in [6.45, 7) is 3.68. The number of nitrogens with one attached hydrogen (secondary N) is 2. The van der Waals surface area contributed by atoms with Gasteiger partial charge in [-0.3, -0.25) is 0 Å². The maximum absolute atomic E-state index is 13.0. The van der Waals surface area contributed by atoms with E-state index in [9.17, 15) is 12.8 Å². The second-order valence-electron chi connectivity index (χ2n) is 3.72. The fourth-order valence-electron chi connectivity index (χ4n) is 1.34. The third-order valence-corrected chi connectivity index (χ3v) is 4.66. The van der Waals surface area contributed by atoms with Gasteiger partial charge in [0.1, 0.15) is 5.82 Å². The Balaban J connectivity index is 0.00000324. The minimum atomic E-state index is -3.68. The lowest BCUT2D eigenvalue weighted by Gasteiger charge is -2.09. The summed E-state index contributed by atoms with van der Waals surface area (Å²) < 4.78 is 39.6. The highest BCUT2D eigenvalue weighted by molar-refractivity contribution is 9.10. The normalized spacial score (nSPS) is 11.1. The van der Waals surface area contributed by atoms with Crippen molar-refractivity contribution in [2.24, 2.45) is 0 Å². The Morgan fingerprint density at radius 2 is 1.95 bits per heavy atom. The zero-order valence-corrected chi connectivity index (χ0v) is 13.7. The molecule has 1 rings (SSSR count). The number of benzene rings is 1. The zero-order chi connectivity index (χ0) is 13.6. The summed E-state index contributed by atoms with van der Waals surface area (Å²) in [5, 5.41) is 3.07. The van der Waals surface area contributed by atoms with Crippen LogP contribution in [0.5, 0.6) is 0 Å². The first kappa shape index (κ1) is 18.8. The predicted molar refractivity (Wildman–Crippen MR) is 79.7 cm³/mol. The van der Waals surface area contributed by atoms with Gasteiger partial charge in [-0.1, -0.05) is 6.92 Å². The molecular weight excluding hydrogens is 359 g/mol. The molecule has 0 saturated heterocycles. The van der Waals surface area contributed by atoms with E-state index in [1.807, 2.05) is 6.92 Å². The van der Waals surface area contributed by atoms with Crippen molar-refractivity contribution in [3.63, 3.8) is 0 Å². The van der Waals surface area contributed by atoms with E-state index < -0.39 is 15.8 Å². The molecule has 2 N–H and O–H groups in total. The Morgan fingerprint density at radius 3 is 2.58 bits per heavy atom. The first-order chi connectivity index (χ1) is 8.47. The molecule has 0 heterocycles. The molecule has 0 fully saturated rings. The summed E-state index contributed by atoms with van der Waals surface area (Å²) in [6.07, 6.45) is 0.988. The van der Waals surface area contributed by atoms with Crippen molar-refractivity contribution >= 4 is 38.4 Å². The van der Waals surface area contributed by atoms with Gasteiger partial charge in [0.05, 0.1) is 4.90 Å². The van der Waals surface area contributed by atoms with Crippen LogP contribution in [0.2, 0.25) is 0 Å². The maximum atomic E-state index is 13.0. The van der Waals surface area contributed by atoms with Gasteiger partial charge in [0.15, 0.2) is 0 Å². The molecule has 1 aromatic carbocycles. The van der Waals surface area contributed by atoms with Crippen LogP contribution in [0.1, 0.15) is 13.3 Å². The first-order valence-electron chi connectivity index (χ1n) is 5.63. The minimum absolute atomic E-state index is 0. The highest BCUT2D eigenvalue weighted by atomic mass is 79.9. The summed E-state index contributed by atoms with van der Waals surface area (Å²) in [5.41, 5.74) is 0. The number of hydrogen-bond acceptors (Lipinski definition) is 3. The molecule has 0 spiro atoms. The van der Waals surface area contributed by atoms with Crippen LogP contribution in [0, 0.1) is 5.82 Å². The average molecular weight is 376 g/mol. The largest absolute Gasteiger partial charge is 0.315 e. The highest BCUT2D eigenvalue weighted by Gasteiger charge is 2.17. The summed E-state index contributed by atoms with van der Waals surface area (Å²) in [7, 11) is -3.68. The van der Waals surface area contributed by atoms with Crippen LogP contribution in [-0.2, 0) is 10.0 Å². The molecule has 110 valence electrons. The number of hydrogen-bond donors (Lipinski definition) is 2. The number of sulfonamides is 1. The van der Waals surface area contributed by atoms with Crippen molar-refractivity contribution in [1.29, 1.82) is 0 Å². The maximum Gasteiger partial charge on any atom is 0.241 e. The van der Waals surface area contributed by atoms with Crippen LogP contribution in [0.3, 0.4) is 0 Å². The van der Waals surface area contributed by atoms with Crippen molar-refractivity contribution < 1.29 is 12.8 Å². The van der Waals surface area contributed by atoms with Gasteiger partial charge in [0, 0.05) is 17.6 Å². The molecule has 19 heavy (non-hydrogen) atoms. The third-order valence-electron chi connectivity index (χ3n) is 2.20. The van der Waals surface area contributed by atoms with E-state index in [0.29, 0.717) is 11.0 Å². The van der Waals surface area contributed by atoms with E-state index >= 15 is 0 Å². The molecule has 0 aromatic heterocycles. The molecule has 8 heteroatoms. The van der Waals surface area contributed by atoms with Gasteiger partial charge in [-0.05, 0) is 47.1 Å². The average Bonchev–Trinajstić information content (AvgIpc) is 2.32. The second kappa shape index (κ2) is 8.86. The van der Waals surface area contributed by atoms with Gasteiger partial charge >= 0.3 is 0 Å². The van der Waals surface area contributed by atoms with Gasteiger partial charge in [-0.2, -0.15) is 0 Å². The van der Waals surface area contributed by atoms with Gasteiger partial charge in [0.25, 0.3) is 0 Å². The lowest BCUT2D eigenvalue weighted by molar-refractivity contribution is 0.571. The monoisotopic (exact) mass is 374 g/mol. The quantitative estimate of drug-likeness (QED) is 0.719. The van der Waals surface area contributed by atoms with Gasteiger partial charge < -0.3 is 5.32 Å². The molecule has 0 saturated carbocycles. The van der Waals surface area contributed by atoms with Crippen LogP contribution in [0.4, 0.5) is 4.39 Å². The fourth-order valence-corrected chi connectivity index (χ4v) is 3.34. The topological polar surface area (TPSA) is 58.2 Å². The Labute approximate surface area is 127 Å². The SMILES string of the molecule is CCCNCCNS(=O)(=O)c1cc(F)ccc1Br.Cl. The lowest BCUT2D eigenvalue weighted by Crippen LogP contribution is -2.32. The summed E-state index contributed by atoms with van der Waals surface area (Å²) in [6, 6.07) is 3.57. The lowest BCUT2D eigenvalue weighted by atomic mass is 10.3. The van der Waals surface area contributed by atoms with E-state index in [1.54, 1.807) is 0 Å². The smallest absolute Gasteiger partial charge is 0.241 e. The van der Waals surface area contributed by atoms with Gasteiger partial charge in [-0.15, -0.1) is 12.4 Å². The summed E-state index contributed by atoms with van der Waals surface area (Å²) in [5.74, 6) is -0.581. The van der Waals surface area contributed by atoms with Crippen molar-refractivity contribution in [2.45, 2.75) is 18.2 Å². The molecule has 0 aliphatic carbocycles. The standard InChI is InChI=1S/C11H16BrFN2O2S.ClH/c1-2-5-14-6-7-15-18(16,17)11-8-9(13)3-4-10(11)12;/h3-4,8,14-15H,2,5-7H2,1H3;1H. The molecule has 0 aliphatic heterocycles. The van der Waals surface area contributed by atoms with E-state index in [1.165, 1.54) is 12.1 Å². The van der Waals surface area contributed by atoms with Crippen LogP contribution >= 0.6 is 28.3 Å². The molecular formula is C11H17BrClFN2O2S. The molecule has 4 nitrogen and oxygen atoms in total. The van der Waals surface area contributed by atoms with Crippen LogP contribution in [0.15, 0.2) is 27.6 Å². The van der Waals surface area contributed by atoms with E-state index in [-0.39, 0.29) is 23.8 Å². The Kier molecular flexibility index (Phi) is 8.76. The number of halogens is 3. The molecule has 0 aliphatic rings. The molecule has 0 unspecified atom stereocenters. The highest BCUT2D eigenvalue weighted by Crippen LogP contribution is 2.22. The zero-order valence-electron chi connectivity index (χ0n) is 10.4. The van der Waals surface area contributed by atoms with Crippen molar-refractivity contribution in [2.75, 3.05) is 19.6 Å². The molecule has 0 amide bonds. The Bertz CT molecular complexity index is 499. The van der Waals surface area contributed by atoms with Crippen molar-refractivity contribution in [3.05, 3.63) is 28.5 Å². The van der Waals surface area contributed by atoms with Gasteiger partial charge in [-0.25, -0.2) is 17.5 Å². The molecule has 1 aromatic rings.